The first-order chi connectivity index (χ1) is 12.1. The third kappa shape index (κ3) is 5.94. The average molecular weight is 345 g/mol. The van der Waals surface area contributed by atoms with Gasteiger partial charge in [0.2, 0.25) is 0 Å². The molecule has 1 aromatic carbocycles. The Hall–Kier alpha value is -2.27. The van der Waals surface area contributed by atoms with E-state index in [2.05, 4.69) is 22.2 Å². The van der Waals surface area contributed by atoms with Gasteiger partial charge in [0.15, 0.2) is 0 Å². The van der Waals surface area contributed by atoms with Gasteiger partial charge in [0.05, 0.1) is 18.4 Å². The Labute approximate surface area is 149 Å². The first kappa shape index (κ1) is 19.1. The van der Waals surface area contributed by atoms with Crippen molar-refractivity contribution in [3.63, 3.8) is 0 Å². The number of alkyl halides is 1. The van der Waals surface area contributed by atoms with Crippen molar-refractivity contribution in [1.29, 1.82) is 0 Å². The van der Waals surface area contributed by atoms with Crippen molar-refractivity contribution in [1.82, 2.24) is 16.2 Å². The molecule has 0 aromatic heterocycles. The van der Waals surface area contributed by atoms with Gasteiger partial charge in [-0.1, -0.05) is 24.3 Å². The SMILES string of the molecule is C/C=C(\C/C(=C/NCc1ccc(C(C)F)cc1)C1C=CNN1)OCC. The summed E-state index contributed by atoms with van der Waals surface area (Å²) < 4.78 is 18.9. The van der Waals surface area contributed by atoms with E-state index in [9.17, 15) is 4.39 Å². The molecular formula is C20H28FN3O. The minimum absolute atomic E-state index is 0.123. The lowest BCUT2D eigenvalue weighted by atomic mass is 10.0. The van der Waals surface area contributed by atoms with Crippen molar-refractivity contribution < 1.29 is 9.13 Å². The van der Waals surface area contributed by atoms with E-state index >= 15 is 0 Å². The second kappa shape index (κ2) is 9.89. The summed E-state index contributed by atoms with van der Waals surface area (Å²) in [5.74, 6) is 0.957. The molecule has 2 rings (SSSR count). The molecule has 1 heterocycles. The minimum atomic E-state index is -0.931. The predicted molar refractivity (Wildman–Crippen MR) is 100 cm³/mol. The van der Waals surface area contributed by atoms with Crippen LogP contribution in [-0.2, 0) is 11.3 Å². The first-order valence-electron chi connectivity index (χ1n) is 8.75. The summed E-state index contributed by atoms with van der Waals surface area (Å²) in [4.78, 5) is 0. The van der Waals surface area contributed by atoms with Crippen LogP contribution in [0.1, 0.15) is 44.5 Å². The number of allylic oxidation sites excluding steroid dienone is 2. The number of nitrogens with one attached hydrogen (secondary N) is 3. The van der Waals surface area contributed by atoms with Crippen molar-refractivity contribution in [2.75, 3.05) is 6.61 Å². The van der Waals surface area contributed by atoms with Crippen molar-refractivity contribution in [3.05, 3.63) is 71.3 Å². The molecule has 25 heavy (non-hydrogen) atoms. The maximum Gasteiger partial charge on any atom is 0.122 e. The summed E-state index contributed by atoms with van der Waals surface area (Å²) in [6, 6.07) is 7.71. The maximum absolute atomic E-state index is 13.3. The highest BCUT2D eigenvalue weighted by Gasteiger charge is 2.15. The molecule has 0 saturated carbocycles. The van der Waals surface area contributed by atoms with Crippen molar-refractivity contribution in [2.24, 2.45) is 0 Å². The molecule has 5 heteroatoms. The number of hydrazine groups is 1. The first-order valence-corrected chi connectivity index (χ1v) is 8.75. The van der Waals surface area contributed by atoms with Gasteiger partial charge in [-0.2, -0.15) is 0 Å². The largest absolute Gasteiger partial charge is 0.498 e. The standard InChI is InChI=1S/C20H28FN3O/c1-4-19(25-5-2)12-18(20-10-11-23-24-20)14-22-13-16-6-8-17(9-7-16)15(3)21/h4,6-11,14-15,20,22-24H,5,12-13H2,1-3H3/b18-14-,19-4+. The van der Waals surface area contributed by atoms with Crippen LogP contribution in [0.5, 0.6) is 0 Å². The van der Waals surface area contributed by atoms with Crippen LogP contribution in [0.3, 0.4) is 0 Å². The Bertz CT molecular complexity index is 620. The molecule has 1 aliphatic heterocycles. The van der Waals surface area contributed by atoms with Gasteiger partial charge in [0.1, 0.15) is 6.17 Å². The van der Waals surface area contributed by atoms with Gasteiger partial charge in [0, 0.05) is 19.2 Å². The van der Waals surface area contributed by atoms with Crippen LogP contribution in [0.2, 0.25) is 0 Å². The summed E-state index contributed by atoms with van der Waals surface area (Å²) in [7, 11) is 0. The summed E-state index contributed by atoms with van der Waals surface area (Å²) in [5, 5.41) is 3.36. The number of hydrogen-bond acceptors (Lipinski definition) is 4. The van der Waals surface area contributed by atoms with E-state index in [4.69, 9.17) is 4.74 Å². The van der Waals surface area contributed by atoms with Gasteiger partial charge in [-0.15, -0.1) is 0 Å². The minimum Gasteiger partial charge on any atom is -0.498 e. The van der Waals surface area contributed by atoms with Gasteiger partial charge in [-0.3, -0.25) is 0 Å². The molecule has 1 aromatic rings. The quantitative estimate of drug-likeness (QED) is 0.592. The molecule has 0 amide bonds. The monoisotopic (exact) mass is 345 g/mol. The zero-order chi connectivity index (χ0) is 18.1. The molecule has 2 unspecified atom stereocenters. The lowest BCUT2D eigenvalue weighted by Crippen LogP contribution is -2.32. The van der Waals surface area contributed by atoms with Crippen LogP contribution in [0, 0.1) is 0 Å². The number of rotatable bonds is 9. The average Bonchev–Trinajstić information content (AvgIpc) is 3.15. The fraction of sp³-hybridized carbons (Fsp3) is 0.400. The smallest absolute Gasteiger partial charge is 0.122 e. The Morgan fingerprint density at radius 1 is 1.36 bits per heavy atom. The van der Waals surface area contributed by atoms with Crippen LogP contribution in [-0.4, -0.2) is 12.6 Å². The van der Waals surface area contributed by atoms with E-state index in [0.717, 1.165) is 17.7 Å². The zero-order valence-corrected chi connectivity index (χ0v) is 15.2. The van der Waals surface area contributed by atoms with Crippen LogP contribution in [0.25, 0.3) is 0 Å². The number of benzene rings is 1. The fourth-order valence-corrected chi connectivity index (χ4v) is 2.62. The lowest BCUT2D eigenvalue weighted by Gasteiger charge is -2.17. The molecule has 0 bridgehead atoms. The third-order valence-corrected chi connectivity index (χ3v) is 4.07. The fourth-order valence-electron chi connectivity index (χ4n) is 2.62. The molecule has 0 fully saturated rings. The van der Waals surface area contributed by atoms with E-state index in [0.29, 0.717) is 18.7 Å². The van der Waals surface area contributed by atoms with Crippen molar-refractivity contribution in [3.8, 4) is 0 Å². The summed E-state index contributed by atoms with van der Waals surface area (Å²) in [5.41, 5.74) is 9.21. The van der Waals surface area contributed by atoms with Crippen molar-refractivity contribution in [2.45, 2.75) is 46.0 Å². The van der Waals surface area contributed by atoms with Gasteiger partial charge in [0.25, 0.3) is 0 Å². The summed E-state index contributed by atoms with van der Waals surface area (Å²) in [6.45, 7) is 6.87. The second-order valence-electron chi connectivity index (χ2n) is 5.95. The lowest BCUT2D eigenvalue weighted by molar-refractivity contribution is 0.221. The van der Waals surface area contributed by atoms with Gasteiger partial charge in [-0.25, -0.2) is 9.82 Å². The van der Waals surface area contributed by atoms with E-state index in [1.165, 1.54) is 5.57 Å². The van der Waals surface area contributed by atoms with Crippen LogP contribution in [0.4, 0.5) is 4.39 Å². The second-order valence-corrected chi connectivity index (χ2v) is 5.95. The number of hydrogen-bond donors (Lipinski definition) is 3. The van der Waals surface area contributed by atoms with E-state index in [1.807, 2.05) is 56.6 Å². The topological polar surface area (TPSA) is 45.3 Å². The zero-order valence-electron chi connectivity index (χ0n) is 15.2. The Morgan fingerprint density at radius 3 is 2.68 bits per heavy atom. The van der Waals surface area contributed by atoms with E-state index in [1.54, 1.807) is 6.92 Å². The van der Waals surface area contributed by atoms with Gasteiger partial charge >= 0.3 is 0 Å². The highest BCUT2D eigenvalue weighted by molar-refractivity contribution is 5.26. The molecule has 0 aliphatic carbocycles. The number of halogens is 1. The molecule has 1 aliphatic rings. The molecule has 2 atom stereocenters. The van der Waals surface area contributed by atoms with Crippen LogP contribution >= 0.6 is 0 Å². The highest BCUT2D eigenvalue weighted by atomic mass is 19.1. The molecule has 136 valence electrons. The van der Waals surface area contributed by atoms with Crippen molar-refractivity contribution >= 4 is 0 Å². The predicted octanol–water partition coefficient (Wildman–Crippen LogP) is 4.01. The maximum atomic E-state index is 13.3. The summed E-state index contributed by atoms with van der Waals surface area (Å²) in [6.07, 6.45) is 7.80. The van der Waals surface area contributed by atoms with E-state index < -0.39 is 6.17 Å². The number of ether oxygens (including phenoxy) is 1. The van der Waals surface area contributed by atoms with Gasteiger partial charge in [-0.05, 0) is 55.8 Å². The Morgan fingerprint density at radius 2 is 2.12 bits per heavy atom. The molecule has 0 radical (unpaired) electrons. The molecule has 4 nitrogen and oxygen atoms in total. The van der Waals surface area contributed by atoms with E-state index in [-0.39, 0.29) is 6.04 Å². The third-order valence-electron chi connectivity index (χ3n) is 4.07. The Kier molecular flexibility index (Phi) is 7.54. The highest BCUT2D eigenvalue weighted by Crippen LogP contribution is 2.18. The molecule has 0 saturated heterocycles. The van der Waals surface area contributed by atoms with Crippen LogP contribution in [0.15, 0.2) is 60.1 Å². The Balaban J connectivity index is 2.00. The summed E-state index contributed by atoms with van der Waals surface area (Å²) >= 11 is 0. The van der Waals surface area contributed by atoms with Gasteiger partial charge < -0.3 is 15.5 Å². The molecule has 3 N–H and O–H groups in total. The van der Waals surface area contributed by atoms with Crippen LogP contribution < -0.4 is 16.2 Å². The normalized spacial score (nSPS) is 18.8. The molecule has 0 spiro atoms. The molecular weight excluding hydrogens is 317 g/mol.